The van der Waals surface area contributed by atoms with Crippen LogP contribution in [0.25, 0.3) is 10.8 Å². The Balaban J connectivity index is 2.53. The van der Waals surface area contributed by atoms with Crippen molar-refractivity contribution in [1.82, 2.24) is 10.3 Å². The molecule has 0 saturated carbocycles. The van der Waals surface area contributed by atoms with E-state index in [0.717, 1.165) is 0 Å². The van der Waals surface area contributed by atoms with Crippen molar-refractivity contribution in [3.05, 3.63) is 42.2 Å². The van der Waals surface area contributed by atoms with E-state index < -0.39 is 0 Å². The third-order valence-corrected chi connectivity index (χ3v) is 3.58. The second-order valence-corrected chi connectivity index (χ2v) is 4.60. The zero-order chi connectivity index (χ0) is 12.3. The SMILES string of the molecule is CCC(C)C(NC)c1cccc2ccncc12. The Morgan fingerprint density at radius 1 is 1.29 bits per heavy atom. The number of hydrogen-bond donors (Lipinski definition) is 1. The number of rotatable bonds is 4. The van der Waals surface area contributed by atoms with E-state index in [-0.39, 0.29) is 0 Å². The smallest absolute Gasteiger partial charge is 0.0350 e. The second-order valence-electron chi connectivity index (χ2n) is 4.60. The number of benzene rings is 1. The third kappa shape index (κ3) is 2.32. The minimum absolute atomic E-state index is 0.396. The van der Waals surface area contributed by atoms with Gasteiger partial charge in [0.2, 0.25) is 0 Å². The normalized spacial score (nSPS) is 14.8. The molecular formula is C15H20N2. The molecule has 2 rings (SSSR count). The molecule has 90 valence electrons. The predicted octanol–water partition coefficient (Wildman–Crippen LogP) is 3.54. The van der Waals surface area contributed by atoms with E-state index in [1.807, 2.05) is 19.4 Å². The molecule has 0 radical (unpaired) electrons. The molecule has 17 heavy (non-hydrogen) atoms. The molecule has 1 aromatic heterocycles. The average Bonchev–Trinajstić information content (AvgIpc) is 2.39. The molecule has 0 saturated heterocycles. The summed E-state index contributed by atoms with van der Waals surface area (Å²) in [4.78, 5) is 4.25. The van der Waals surface area contributed by atoms with Gasteiger partial charge in [-0.25, -0.2) is 0 Å². The number of pyridine rings is 1. The number of aromatic nitrogens is 1. The van der Waals surface area contributed by atoms with Gasteiger partial charge in [-0.3, -0.25) is 4.98 Å². The van der Waals surface area contributed by atoms with Gasteiger partial charge in [0.05, 0.1) is 0 Å². The first-order valence-corrected chi connectivity index (χ1v) is 6.27. The van der Waals surface area contributed by atoms with E-state index in [0.29, 0.717) is 12.0 Å². The van der Waals surface area contributed by atoms with Gasteiger partial charge in [-0.1, -0.05) is 38.5 Å². The van der Waals surface area contributed by atoms with Gasteiger partial charge in [-0.2, -0.15) is 0 Å². The van der Waals surface area contributed by atoms with Gasteiger partial charge in [0.1, 0.15) is 0 Å². The Hall–Kier alpha value is -1.41. The summed E-state index contributed by atoms with van der Waals surface area (Å²) in [6.45, 7) is 4.52. The van der Waals surface area contributed by atoms with Crippen molar-refractivity contribution in [2.45, 2.75) is 26.3 Å². The summed E-state index contributed by atoms with van der Waals surface area (Å²) in [7, 11) is 2.03. The first kappa shape index (κ1) is 12.1. The molecule has 2 aromatic rings. The fraction of sp³-hybridized carbons (Fsp3) is 0.400. The number of fused-ring (bicyclic) bond motifs is 1. The standard InChI is InChI=1S/C15H20N2/c1-4-11(2)15(16-3)13-7-5-6-12-8-9-17-10-14(12)13/h5-11,15-16H,4H2,1-3H3. The van der Waals surface area contributed by atoms with E-state index in [1.54, 1.807) is 0 Å². The van der Waals surface area contributed by atoms with Crippen molar-refractivity contribution in [3.8, 4) is 0 Å². The molecule has 0 fully saturated rings. The summed E-state index contributed by atoms with van der Waals surface area (Å²) in [6.07, 6.45) is 4.99. The van der Waals surface area contributed by atoms with E-state index >= 15 is 0 Å². The predicted molar refractivity (Wildman–Crippen MR) is 73.0 cm³/mol. The van der Waals surface area contributed by atoms with Gasteiger partial charge in [0.25, 0.3) is 0 Å². The molecule has 1 heterocycles. The van der Waals surface area contributed by atoms with Gasteiger partial charge in [0, 0.05) is 23.8 Å². The minimum atomic E-state index is 0.396. The van der Waals surface area contributed by atoms with Crippen LogP contribution in [0.15, 0.2) is 36.7 Å². The molecule has 0 spiro atoms. The molecule has 0 bridgehead atoms. The summed E-state index contributed by atoms with van der Waals surface area (Å²) in [5.74, 6) is 0.616. The maximum absolute atomic E-state index is 4.25. The molecule has 2 nitrogen and oxygen atoms in total. The lowest BCUT2D eigenvalue weighted by atomic mass is 9.90. The Kier molecular flexibility index (Phi) is 3.75. The lowest BCUT2D eigenvalue weighted by molar-refractivity contribution is 0.402. The summed E-state index contributed by atoms with van der Waals surface area (Å²) in [5, 5.41) is 5.96. The molecule has 2 heteroatoms. The van der Waals surface area contributed by atoms with Gasteiger partial charge < -0.3 is 5.32 Å². The molecule has 0 aliphatic carbocycles. The third-order valence-electron chi connectivity index (χ3n) is 3.58. The monoisotopic (exact) mass is 228 g/mol. The maximum Gasteiger partial charge on any atom is 0.0350 e. The molecule has 0 aliphatic heterocycles. The number of nitrogens with one attached hydrogen (secondary N) is 1. The highest BCUT2D eigenvalue weighted by molar-refractivity contribution is 5.85. The van der Waals surface area contributed by atoms with Crippen LogP contribution < -0.4 is 5.32 Å². The largest absolute Gasteiger partial charge is 0.313 e. The van der Waals surface area contributed by atoms with Crippen molar-refractivity contribution in [2.75, 3.05) is 7.05 Å². The van der Waals surface area contributed by atoms with Crippen LogP contribution in [0.1, 0.15) is 31.9 Å². The minimum Gasteiger partial charge on any atom is -0.313 e. The van der Waals surface area contributed by atoms with E-state index in [9.17, 15) is 0 Å². The summed E-state index contributed by atoms with van der Waals surface area (Å²) < 4.78 is 0. The van der Waals surface area contributed by atoms with Gasteiger partial charge in [-0.15, -0.1) is 0 Å². The zero-order valence-electron chi connectivity index (χ0n) is 10.8. The maximum atomic E-state index is 4.25. The summed E-state index contributed by atoms with van der Waals surface area (Å²) in [6, 6.07) is 8.95. The number of nitrogens with zero attached hydrogens (tertiary/aromatic N) is 1. The van der Waals surface area contributed by atoms with Gasteiger partial charge in [0.15, 0.2) is 0 Å². The van der Waals surface area contributed by atoms with Crippen molar-refractivity contribution in [3.63, 3.8) is 0 Å². The van der Waals surface area contributed by atoms with Gasteiger partial charge in [-0.05, 0) is 30.0 Å². The molecule has 2 unspecified atom stereocenters. The highest BCUT2D eigenvalue weighted by atomic mass is 14.9. The lowest BCUT2D eigenvalue weighted by Crippen LogP contribution is -2.23. The second kappa shape index (κ2) is 5.28. The average molecular weight is 228 g/mol. The van der Waals surface area contributed by atoms with E-state index in [2.05, 4.69) is 48.4 Å². The summed E-state index contributed by atoms with van der Waals surface area (Å²) >= 11 is 0. The first-order valence-electron chi connectivity index (χ1n) is 6.27. The summed E-state index contributed by atoms with van der Waals surface area (Å²) in [5.41, 5.74) is 1.35. The van der Waals surface area contributed by atoms with Crippen LogP contribution in [0, 0.1) is 5.92 Å². The fourth-order valence-corrected chi connectivity index (χ4v) is 2.39. The molecule has 1 N–H and O–H groups in total. The van der Waals surface area contributed by atoms with Crippen LogP contribution in [0.5, 0.6) is 0 Å². The number of hydrogen-bond acceptors (Lipinski definition) is 2. The Bertz CT molecular complexity index is 488. The van der Waals surface area contributed by atoms with Crippen molar-refractivity contribution >= 4 is 10.8 Å². The van der Waals surface area contributed by atoms with Crippen LogP contribution in [0.2, 0.25) is 0 Å². The highest BCUT2D eigenvalue weighted by Gasteiger charge is 2.17. The van der Waals surface area contributed by atoms with Crippen LogP contribution >= 0.6 is 0 Å². The van der Waals surface area contributed by atoms with Crippen molar-refractivity contribution < 1.29 is 0 Å². The highest BCUT2D eigenvalue weighted by Crippen LogP contribution is 2.29. The topological polar surface area (TPSA) is 24.9 Å². The first-order chi connectivity index (χ1) is 8.27. The lowest BCUT2D eigenvalue weighted by Gasteiger charge is -2.24. The van der Waals surface area contributed by atoms with E-state index in [1.165, 1.54) is 22.8 Å². The van der Waals surface area contributed by atoms with Crippen LogP contribution in [0.4, 0.5) is 0 Å². The molecule has 0 aliphatic rings. The Morgan fingerprint density at radius 3 is 2.82 bits per heavy atom. The fourth-order valence-electron chi connectivity index (χ4n) is 2.39. The molecule has 0 amide bonds. The van der Waals surface area contributed by atoms with Crippen LogP contribution in [-0.2, 0) is 0 Å². The Labute approximate surface area is 103 Å². The molecule has 2 atom stereocenters. The zero-order valence-corrected chi connectivity index (χ0v) is 10.8. The van der Waals surface area contributed by atoms with E-state index in [4.69, 9.17) is 0 Å². The van der Waals surface area contributed by atoms with Crippen molar-refractivity contribution in [1.29, 1.82) is 0 Å². The molecular weight excluding hydrogens is 208 g/mol. The quantitative estimate of drug-likeness (QED) is 0.865. The van der Waals surface area contributed by atoms with Crippen molar-refractivity contribution in [2.24, 2.45) is 5.92 Å². The van der Waals surface area contributed by atoms with Gasteiger partial charge >= 0.3 is 0 Å². The van der Waals surface area contributed by atoms with Crippen LogP contribution in [0.3, 0.4) is 0 Å². The van der Waals surface area contributed by atoms with Crippen LogP contribution in [-0.4, -0.2) is 12.0 Å². The molecule has 1 aromatic carbocycles. The Morgan fingerprint density at radius 2 is 2.12 bits per heavy atom.